The third-order valence-corrected chi connectivity index (χ3v) is 7.69. The molecule has 0 bridgehead atoms. The van der Waals surface area contributed by atoms with E-state index in [1.165, 1.54) is 11.6 Å². The molecule has 5 nitrogen and oxygen atoms in total. The lowest BCUT2D eigenvalue weighted by atomic mass is 9.79. The minimum absolute atomic E-state index is 0.00182. The lowest BCUT2D eigenvalue weighted by Gasteiger charge is -2.25. The second kappa shape index (κ2) is 10.0. The number of aromatic nitrogens is 1. The van der Waals surface area contributed by atoms with Crippen LogP contribution in [0.3, 0.4) is 0 Å². The standard InChI is InChI=1S/C31H32FNO4/c1-31(2)12-4-5-27(31)25-13-19(6-10-23(25)26-15-22(36-3)9-11-28(26)32)18-37-29-16-24-20(14-30(34)35)7-8-21(24)17-33-29/h5-6,9-11,13,15-17,20H,4,7-8,12,14,18H2,1-3H3,(H,34,35)/t20-/m1/s1. The van der Waals surface area contributed by atoms with Crippen molar-refractivity contribution in [3.05, 3.63) is 82.8 Å². The number of carbonyl (C=O) groups is 1. The van der Waals surface area contributed by atoms with E-state index in [1.807, 2.05) is 18.2 Å². The van der Waals surface area contributed by atoms with Crippen LogP contribution in [0, 0.1) is 11.2 Å². The molecule has 0 radical (unpaired) electrons. The number of methoxy groups -OCH3 is 1. The number of halogens is 1. The third-order valence-electron chi connectivity index (χ3n) is 7.69. The molecule has 1 aromatic heterocycles. The van der Waals surface area contributed by atoms with Gasteiger partial charge in [-0.2, -0.15) is 0 Å². The zero-order chi connectivity index (χ0) is 26.2. The van der Waals surface area contributed by atoms with Gasteiger partial charge in [0, 0.05) is 17.8 Å². The van der Waals surface area contributed by atoms with Crippen molar-refractivity contribution < 1.29 is 23.8 Å². The van der Waals surface area contributed by atoms with Gasteiger partial charge in [0.15, 0.2) is 0 Å². The third kappa shape index (κ3) is 5.10. The van der Waals surface area contributed by atoms with Gasteiger partial charge in [-0.1, -0.05) is 32.1 Å². The van der Waals surface area contributed by atoms with Crippen LogP contribution in [0.2, 0.25) is 0 Å². The summed E-state index contributed by atoms with van der Waals surface area (Å²) in [4.78, 5) is 15.7. The second-order valence-electron chi connectivity index (χ2n) is 10.6. The predicted molar refractivity (Wildman–Crippen MR) is 141 cm³/mol. The Morgan fingerprint density at radius 3 is 2.70 bits per heavy atom. The minimum atomic E-state index is -0.790. The summed E-state index contributed by atoms with van der Waals surface area (Å²) < 4.78 is 26.4. The predicted octanol–water partition coefficient (Wildman–Crippen LogP) is 7.18. The second-order valence-corrected chi connectivity index (χ2v) is 10.6. The number of hydrogen-bond donors (Lipinski definition) is 1. The molecule has 37 heavy (non-hydrogen) atoms. The first-order valence-corrected chi connectivity index (χ1v) is 12.8. The Morgan fingerprint density at radius 2 is 1.97 bits per heavy atom. The summed E-state index contributed by atoms with van der Waals surface area (Å²) in [6.07, 6.45) is 7.87. The Bertz CT molecular complexity index is 1380. The van der Waals surface area contributed by atoms with E-state index in [0.29, 0.717) is 23.8 Å². The van der Waals surface area contributed by atoms with Gasteiger partial charge in [0.25, 0.3) is 0 Å². The summed E-state index contributed by atoms with van der Waals surface area (Å²) in [6, 6.07) is 12.7. The highest BCUT2D eigenvalue weighted by atomic mass is 19.1. The molecular formula is C31H32FNO4. The molecule has 0 aliphatic heterocycles. The Kier molecular flexibility index (Phi) is 6.76. The molecule has 2 aromatic carbocycles. The summed E-state index contributed by atoms with van der Waals surface area (Å²) in [5.74, 6) is 0.0133. The SMILES string of the molecule is COc1ccc(F)c(-c2ccc(COc3cc4c(cn3)CC[C@@H]4CC(=O)O)cc2C2=CCCC2(C)C)c1. The zero-order valence-electron chi connectivity index (χ0n) is 21.5. The summed E-state index contributed by atoms with van der Waals surface area (Å²) in [6.45, 7) is 4.75. The number of allylic oxidation sites excluding steroid dienone is 2. The smallest absolute Gasteiger partial charge is 0.303 e. The van der Waals surface area contributed by atoms with Crippen LogP contribution in [0.4, 0.5) is 4.39 Å². The van der Waals surface area contributed by atoms with E-state index in [0.717, 1.165) is 53.5 Å². The molecule has 0 spiro atoms. The van der Waals surface area contributed by atoms with Crippen molar-refractivity contribution in [1.29, 1.82) is 0 Å². The van der Waals surface area contributed by atoms with Crippen LogP contribution in [0.15, 0.2) is 54.7 Å². The van der Waals surface area contributed by atoms with Gasteiger partial charge < -0.3 is 14.6 Å². The number of nitrogens with zero attached hydrogens (tertiary/aromatic N) is 1. The molecule has 192 valence electrons. The molecular weight excluding hydrogens is 469 g/mol. The highest BCUT2D eigenvalue weighted by molar-refractivity contribution is 5.85. The molecule has 2 aliphatic rings. The molecule has 1 heterocycles. The fourth-order valence-electron chi connectivity index (χ4n) is 5.65. The van der Waals surface area contributed by atoms with E-state index >= 15 is 0 Å². The average molecular weight is 502 g/mol. The van der Waals surface area contributed by atoms with Gasteiger partial charge in [-0.05, 0) is 94.7 Å². The van der Waals surface area contributed by atoms with E-state index in [1.54, 1.807) is 25.4 Å². The van der Waals surface area contributed by atoms with Crippen molar-refractivity contribution in [2.24, 2.45) is 5.41 Å². The van der Waals surface area contributed by atoms with E-state index in [-0.39, 0.29) is 23.6 Å². The fourth-order valence-corrected chi connectivity index (χ4v) is 5.65. The summed E-state index contributed by atoms with van der Waals surface area (Å²) in [5, 5.41) is 9.24. The quantitative estimate of drug-likeness (QED) is 0.354. The molecule has 1 N–H and O–H groups in total. The van der Waals surface area contributed by atoms with Crippen LogP contribution in [0.1, 0.15) is 67.7 Å². The van der Waals surface area contributed by atoms with Crippen molar-refractivity contribution in [2.75, 3.05) is 7.11 Å². The topological polar surface area (TPSA) is 68.7 Å². The molecule has 3 aromatic rings. The maximum atomic E-state index is 15.0. The van der Waals surface area contributed by atoms with E-state index in [2.05, 4.69) is 31.0 Å². The van der Waals surface area contributed by atoms with Crippen molar-refractivity contribution in [3.8, 4) is 22.8 Å². The number of aryl methyl sites for hydroxylation is 1. The largest absolute Gasteiger partial charge is 0.497 e. The van der Waals surface area contributed by atoms with Crippen molar-refractivity contribution >= 4 is 11.5 Å². The van der Waals surface area contributed by atoms with Crippen LogP contribution in [-0.2, 0) is 17.8 Å². The normalized spacial score (nSPS) is 17.8. The van der Waals surface area contributed by atoms with E-state index < -0.39 is 5.97 Å². The van der Waals surface area contributed by atoms with Crippen molar-refractivity contribution in [3.63, 3.8) is 0 Å². The number of benzene rings is 2. The molecule has 0 unspecified atom stereocenters. The number of pyridine rings is 1. The molecule has 0 amide bonds. The van der Waals surface area contributed by atoms with E-state index in [9.17, 15) is 14.3 Å². The van der Waals surface area contributed by atoms with Gasteiger partial charge >= 0.3 is 5.97 Å². The van der Waals surface area contributed by atoms with Crippen LogP contribution < -0.4 is 9.47 Å². The highest BCUT2D eigenvalue weighted by Crippen LogP contribution is 2.47. The van der Waals surface area contributed by atoms with Crippen LogP contribution >= 0.6 is 0 Å². The van der Waals surface area contributed by atoms with Crippen molar-refractivity contribution in [1.82, 2.24) is 4.98 Å². The number of hydrogen-bond acceptors (Lipinski definition) is 4. The van der Waals surface area contributed by atoms with E-state index in [4.69, 9.17) is 9.47 Å². The van der Waals surface area contributed by atoms with Gasteiger partial charge in [0.1, 0.15) is 18.2 Å². The molecule has 0 saturated carbocycles. The average Bonchev–Trinajstić information content (AvgIpc) is 3.44. The summed E-state index contributed by atoms with van der Waals surface area (Å²) >= 11 is 0. The fraction of sp³-hybridized carbons (Fsp3) is 0.355. The first-order chi connectivity index (χ1) is 17.7. The molecule has 6 heteroatoms. The monoisotopic (exact) mass is 501 g/mol. The van der Waals surface area contributed by atoms with Gasteiger partial charge in [-0.25, -0.2) is 9.37 Å². The zero-order valence-corrected chi connectivity index (χ0v) is 21.5. The Balaban J connectivity index is 1.46. The van der Waals surface area contributed by atoms with Crippen LogP contribution in [0.25, 0.3) is 16.7 Å². The lowest BCUT2D eigenvalue weighted by Crippen LogP contribution is -2.10. The maximum Gasteiger partial charge on any atom is 0.303 e. The molecule has 1 atom stereocenters. The molecule has 2 aliphatic carbocycles. The maximum absolute atomic E-state index is 15.0. The summed E-state index contributed by atoms with van der Waals surface area (Å²) in [5.41, 5.74) is 6.59. The number of carboxylic acids is 1. The molecule has 0 saturated heterocycles. The lowest BCUT2D eigenvalue weighted by molar-refractivity contribution is -0.137. The number of aliphatic carboxylic acids is 1. The van der Waals surface area contributed by atoms with Crippen LogP contribution in [-0.4, -0.2) is 23.2 Å². The van der Waals surface area contributed by atoms with Gasteiger partial charge in [0.2, 0.25) is 5.88 Å². The number of ether oxygens (including phenoxy) is 2. The first-order valence-electron chi connectivity index (χ1n) is 12.8. The Labute approximate surface area is 217 Å². The van der Waals surface area contributed by atoms with Crippen LogP contribution in [0.5, 0.6) is 11.6 Å². The molecule has 5 rings (SSSR count). The number of rotatable bonds is 8. The highest BCUT2D eigenvalue weighted by Gasteiger charge is 2.30. The Hall–Kier alpha value is -3.67. The number of fused-ring (bicyclic) bond motifs is 1. The number of carboxylic acid groups (broad SMARTS) is 1. The van der Waals surface area contributed by atoms with Gasteiger partial charge in [-0.3, -0.25) is 4.79 Å². The first kappa shape index (κ1) is 25.0. The van der Waals surface area contributed by atoms with Gasteiger partial charge in [-0.15, -0.1) is 0 Å². The van der Waals surface area contributed by atoms with Crippen molar-refractivity contribution in [2.45, 2.75) is 58.5 Å². The minimum Gasteiger partial charge on any atom is -0.497 e. The van der Waals surface area contributed by atoms with Gasteiger partial charge in [0.05, 0.1) is 13.5 Å². The Morgan fingerprint density at radius 1 is 1.14 bits per heavy atom. The molecule has 0 fully saturated rings. The summed E-state index contributed by atoms with van der Waals surface area (Å²) in [7, 11) is 1.58.